The molecule has 2 N–H and O–H groups in total. The van der Waals surface area contributed by atoms with Gasteiger partial charge in [0.15, 0.2) is 0 Å². The van der Waals surface area contributed by atoms with E-state index in [4.69, 9.17) is 10.7 Å². The Kier molecular flexibility index (Phi) is 3.76. The highest BCUT2D eigenvalue weighted by atomic mass is 15.2. The molecule has 1 saturated heterocycles. The zero-order valence-corrected chi connectivity index (χ0v) is 12.3. The number of rotatable bonds is 2. The molecule has 0 radical (unpaired) electrons. The van der Waals surface area contributed by atoms with E-state index >= 15 is 0 Å². The molecule has 4 nitrogen and oxygen atoms in total. The molecule has 0 amide bonds. The monoisotopic (exact) mass is 280 g/mol. The standard InChI is InChI=1S/C17H20N4/c1-12-6-7-13(9-18)11-21(12)17-15(10-19)8-14-4-2-3-5-16(14)20-17/h2-5,8,12-13H,6-7,9,11,18H2,1H3. The van der Waals surface area contributed by atoms with Crippen molar-refractivity contribution in [3.8, 4) is 6.07 Å². The predicted molar refractivity (Wildman–Crippen MR) is 85.0 cm³/mol. The maximum atomic E-state index is 9.48. The Morgan fingerprint density at radius 2 is 2.19 bits per heavy atom. The fourth-order valence-corrected chi connectivity index (χ4v) is 3.08. The molecule has 2 heterocycles. The number of piperidine rings is 1. The summed E-state index contributed by atoms with van der Waals surface area (Å²) in [4.78, 5) is 7.01. The maximum absolute atomic E-state index is 9.48. The lowest BCUT2D eigenvalue weighted by molar-refractivity contribution is 0.372. The van der Waals surface area contributed by atoms with Crippen molar-refractivity contribution in [2.75, 3.05) is 18.0 Å². The Labute approximate surface area is 125 Å². The summed E-state index contributed by atoms with van der Waals surface area (Å²) in [6, 6.07) is 12.6. The average molecular weight is 280 g/mol. The number of pyridine rings is 1. The van der Waals surface area contributed by atoms with Crippen LogP contribution in [0.1, 0.15) is 25.3 Å². The second kappa shape index (κ2) is 5.71. The summed E-state index contributed by atoms with van der Waals surface area (Å²) >= 11 is 0. The van der Waals surface area contributed by atoms with Crippen molar-refractivity contribution in [3.05, 3.63) is 35.9 Å². The number of nitriles is 1. The van der Waals surface area contributed by atoms with E-state index < -0.39 is 0 Å². The molecule has 2 unspecified atom stereocenters. The van der Waals surface area contributed by atoms with Gasteiger partial charge in [0.25, 0.3) is 0 Å². The van der Waals surface area contributed by atoms with Crippen LogP contribution in [0.3, 0.4) is 0 Å². The number of hydrogen-bond donors (Lipinski definition) is 1. The number of hydrogen-bond acceptors (Lipinski definition) is 4. The minimum Gasteiger partial charge on any atom is -0.352 e. The minimum atomic E-state index is 0.397. The SMILES string of the molecule is CC1CCC(CN)CN1c1nc2ccccc2cc1C#N. The molecule has 1 aromatic carbocycles. The summed E-state index contributed by atoms with van der Waals surface area (Å²) in [5, 5.41) is 10.5. The van der Waals surface area contributed by atoms with Gasteiger partial charge in [0, 0.05) is 18.0 Å². The first-order valence-electron chi connectivity index (χ1n) is 7.49. The van der Waals surface area contributed by atoms with E-state index in [0.717, 1.165) is 36.1 Å². The Hall–Kier alpha value is -2.12. The molecule has 108 valence electrons. The summed E-state index contributed by atoms with van der Waals surface area (Å²) < 4.78 is 0. The third-order valence-corrected chi connectivity index (χ3v) is 4.41. The lowest BCUT2D eigenvalue weighted by Crippen LogP contribution is -2.44. The number of benzene rings is 1. The minimum absolute atomic E-state index is 0.397. The Bertz CT molecular complexity index is 689. The average Bonchev–Trinajstić information content (AvgIpc) is 2.54. The molecule has 4 heteroatoms. The molecule has 3 rings (SSSR count). The fraction of sp³-hybridized carbons (Fsp3) is 0.412. The Morgan fingerprint density at radius 1 is 1.38 bits per heavy atom. The van der Waals surface area contributed by atoms with E-state index in [-0.39, 0.29) is 0 Å². The highest BCUT2D eigenvalue weighted by Gasteiger charge is 2.27. The van der Waals surface area contributed by atoms with Gasteiger partial charge in [-0.1, -0.05) is 18.2 Å². The van der Waals surface area contributed by atoms with Crippen LogP contribution >= 0.6 is 0 Å². The molecule has 1 fully saturated rings. The lowest BCUT2D eigenvalue weighted by Gasteiger charge is -2.39. The third-order valence-electron chi connectivity index (χ3n) is 4.41. The zero-order valence-electron chi connectivity index (χ0n) is 12.3. The number of fused-ring (bicyclic) bond motifs is 1. The van der Waals surface area contributed by atoms with Crippen LogP contribution in [0.5, 0.6) is 0 Å². The van der Waals surface area contributed by atoms with Crippen molar-refractivity contribution in [1.29, 1.82) is 5.26 Å². The number of para-hydroxylation sites is 1. The normalized spacial score (nSPS) is 22.2. The molecule has 21 heavy (non-hydrogen) atoms. The summed E-state index contributed by atoms with van der Waals surface area (Å²) in [5.41, 5.74) is 7.43. The maximum Gasteiger partial charge on any atom is 0.147 e. The molecule has 0 bridgehead atoms. The number of nitrogens with zero attached hydrogens (tertiary/aromatic N) is 3. The van der Waals surface area contributed by atoms with Gasteiger partial charge in [-0.2, -0.15) is 5.26 Å². The topological polar surface area (TPSA) is 65.9 Å². The molecule has 0 spiro atoms. The van der Waals surface area contributed by atoms with Gasteiger partial charge in [-0.3, -0.25) is 0 Å². The van der Waals surface area contributed by atoms with Crippen molar-refractivity contribution in [2.24, 2.45) is 11.7 Å². The van der Waals surface area contributed by atoms with Gasteiger partial charge >= 0.3 is 0 Å². The lowest BCUT2D eigenvalue weighted by atomic mass is 9.93. The molecule has 1 aliphatic rings. The second-order valence-corrected chi connectivity index (χ2v) is 5.84. The van der Waals surface area contributed by atoms with Crippen molar-refractivity contribution in [2.45, 2.75) is 25.8 Å². The van der Waals surface area contributed by atoms with E-state index in [0.29, 0.717) is 24.1 Å². The van der Waals surface area contributed by atoms with E-state index in [2.05, 4.69) is 17.9 Å². The molecule has 0 aliphatic carbocycles. The molecule has 2 atom stereocenters. The van der Waals surface area contributed by atoms with Crippen molar-refractivity contribution in [1.82, 2.24) is 4.98 Å². The van der Waals surface area contributed by atoms with E-state index in [1.807, 2.05) is 30.3 Å². The van der Waals surface area contributed by atoms with Crippen LogP contribution in [0, 0.1) is 17.2 Å². The van der Waals surface area contributed by atoms with Gasteiger partial charge in [0.1, 0.15) is 11.9 Å². The third kappa shape index (κ3) is 2.57. The van der Waals surface area contributed by atoms with Crippen molar-refractivity contribution >= 4 is 16.7 Å². The summed E-state index contributed by atoms with van der Waals surface area (Å²) in [7, 11) is 0. The number of aromatic nitrogens is 1. The zero-order chi connectivity index (χ0) is 14.8. The van der Waals surface area contributed by atoms with Crippen molar-refractivity contribution in [3.63, 3.8) is 0 Å². The van der Waals surface area contributed by atoms with E-state index in [9.17, 15) is 5.26 Å². The Morgan fingerprint density at radius 3 is 2.95 bits per heavy atom. The molecular formula is C17H20N4. The fourth-order valence-electron chi connectivity index (χ4n) is 3.08. The largest absolute Gasteiger partial charge is 0.352 e. The van der Waals surface area contributed by atoms with Crippen molar-refractivity contribution < 1.29 is 0 Å². The van der Waals surface area contributed by atoms with Crippen LogP contribution in [0.25, 0.3) is 10.9 Å². The molecule has 1 aliphatic heterocycles. The van der Waals surface area contributed by atoms with Gasteiger partial charge in [-0.25, -0.2) is 4.98 Å². The second-order valence-electron chi connectivity index (χ2n) is 5.84. The van der Waals surface area contributed by atoms with Crippen LogP contribution in [0.15, 0.2) is 30.3 Å². The van der Waals surface area contributed by atoms with Gasteiger partial charge in [-0.15, -0.1) is 0 Å². The summed E-state index contributed by atoms with van der Waals surface area (Å²) in [5.74, 6) is 1.29. The van der Waals surface area contributed by atoms with Crippen LogP contribution < -0.4 is 10.6 Å². The van der Waals surface area contributed by atoms with Gasteiger partial charge in [0.2, 0.25) is 0 Å². The number of anilines is 1. The van der Waals surface area contributed by atoms with Crippen LogP contribution in [0.4, 0.5) is 5.82 Å². The molecule has 1 aromatic heterocycles. The smallest absolute Gasteiger partial charge is 0.147 e. The van der Waals surface area contributed by atoms with Crippen LogP contribution in [0.2, 0.25) is 0 Å². The van der Waals surface area contributed by atoms with Crippen LogP contribution in [-0.4, -0.2) is 24.1 Å². The first-order valence-corrected chi connectivity index (χ1v) is 7.49. The molecular weight excluding hydrogens is 260 g/mol. The quantitative estimate of drug-likeness (QED) is 0.918. The number of nitrogens with two attached hydrogens (primary N) is 1. The first-order chi connectivity index (χ1) is 10.2. The van der Waals surface area contributed by atoms with E-state index in [1.165, 1.54) is 0 Å². The van der Waals surface area contributed by atoms with Gasteiger partial charge in [0.05, 0.1) is 11.1 Å². The van der Waals surface area contributed by atoms with Crippen LogP contribution in [-0.2, 0) is 0 Å². The highest BCUT2D eigenvalue weighted by molar-refractivity contribution is 5.83. The Balaban J connectivity index is 2.07. The van der Waals surface area contributed by atoms with Gasteiger partial charge in [-0.05, 0) is 44.4 Å². The summed E-state index contributed by atoms with van der Waals surface area (Å²) in [6.45, 7) is 3.78. The van der Waals surface area contributed by atoms with E-state index in [1.54, 1.807) is 0 Å². The predicted octanol–water partition coefficient (Wildman–Crippen LogP) is 2.67. The molecule has 2 aromatic rings. The molecule has 0 saturated carbocycles. The first kappa shape index (κ1) is 13.8. The highest BCUT2D eigenvalue weighted by Crippen LogP contribution is 2.30. The summed E-state index contributed by atoms with van der Waals surface area (Å²) in [6.07, 6.45) is 2.25. The van der Waals surface area contributed by atoms with Gasteiger partial charge < -0.3 is 10.6 Å².